The van der Waals surface area contributed by atoms with Crippen molar-refractivity contribution < 1.29 is 26.4 Å². The fourth-order valence-corrected chi connectivity index (χ4v) is 6.90. The number of sulfonamides is 1. The quantitative estimate of drug-likeness (QED) is 0.239. The molecule has 0 aromatic heterocycles. The molecule has 1 fully saturated rings. The van der Waals surface area contributed by atoms with Gasteiger partial charge >= 0.3 is 6.18 Å². The number of alkyl halides is 3. The summed E-state index contributed by atoms with van der Waals surface area (Å²) in [4.78, 5) is 13.8. The van der Waals surface area contributed by atoms with Gasteiger partial charge in [0.2, 0.25) is 0 Å². The first-order valence-corrected chi connectivity index (χ1v) is 15.6. The minimum Gasteiger partial charge on any atom is -0.280 e. The molecule has 0 bridgehead atoms. The summed E-state index contributed by atoms with van der Waals surface area (Å²) in [6, 6.07) is 28.6. The molecule has 44 heavy (non-hydrogen) atoms. The van der Waals surface area contributed by atoms with Gasteiger partial charge in [0.05, 0.1) is 22.2 Å². The molecule has 4 aromatic carbocycles. The number of hydrogen-bond acceptors (Lipinski definition) is 4. The van der Waals surface area contributed by atoms with Crippen LogP contribution in [0.1, 0.15) is 52.4 Å². The van der Waals surface area contributed by atoms with Gasteiger partial charge in [-0.1, -0.05) is 72.8 Å². The van der Waals surface area contributed by atoms with Crippen molar-refractivity contribution >= 4 is 33.4 Å². The number of allylic oxidation sites excluding steroid dienone is 1. The van der Waals surface area contributed by atoms with Gasteiger partial charge in [0, 0.05) is 17.2 Å². The van der Waals surface area contributed by atoms with Crippen molar-refractivity contribution in [3.05, 3.63) is 137 Å². The Kier molecular flexibility index (Phi) is 7.85. The van der Waals surface area contributed by atoms with Gasteiger partial charge in [0.15, 0.2) is 0 Å². The molecule has 0 spiro atoms. The second-order valence-electron chi connectivity index (χ2n) is 10.8. The third-order valence-corrected chi connectivity index (χ3v) is 9.20. The standard InChI is InChI=1S/C34H28F3N3O3S/c35-34(36,37)27-16-9-17-28(22-27)39-44(42,43)29-18-7-15-26(21-29)33(41)40-32(24-12-5-2-6-13-24)30-19-8-14-25(31(30)38-40)20-23-10-3-1-4-11-23/h1-7,9-13,15-18,20-22,30,32,39H,8,14,19H2/b25-20-/t30-,32+/m0/s1. The van der Waals surface area contributed by atoms with E-state index in [2.05, 4.69) is 10.8 Å². The molecule has 1 N–H and O–H groups in total. The molecule has 4 aromatic rings. The summed E-state index contributed by atoms with van der Waals surface area (Å²) in [5, 5.41) is 6.32. The lowest BCUT2D eigenvalue weighted by atomic mass is 9.77. The Hall–Kier alpha value is -4.70. The number of benzene rings is 4. The Bertz CT molecular complexity index is 1860. The van der Waals surface area contributed by atoms with Crippen molar-refractivity contribution in [3.63, 3.8) is 0 Å². The van der Waals surface area contributed by atoms with Gasteiger partial charge in [-0.2, -0.15) is 18.3 Å². The number of carbonyl (C=O) groups excluding carboxylic acids is 1. The molecular formula is C34H28F3N3O3S. The van der Waals surface area contributed by atoms with E-state index >= 15 is 0 Å². The van der Waals surface area contributed by atoms with E-state index in [-0.39, 0.29) is 28.1 Å². The zero-order valence-electron chi connectivity index (χ0n) is 23.4. The maximum atomic E-state index is 14.1. The number of halogens is 3. The maximum absolute atomic E-state index is 14.1. The summed E-state index contributed by atoms with van der Waals surface area (Å²) in [5.74, 6) is -0.518. The van der Waals surface area contributed by atoms with E-state index in [0.717, 1.165) is 59.9 Å². The molecule has 2 aliphatic rings. The monoisotopic (exact) mass is 615 g/mol. The third-order valence-electron chi connectivity index (χ3n) is 7.82. The van der Waals surface area contributed by atoms with Gasteiger partial charge in [-0.05, 0) is 78.4 Å². The van der Waals surface area contributed by atoms with Crippen molar-refractivity contribution in [2.75, 3.05) is 4.72 Å². The minimum absolute atomic E-state index is 0.0421. The molecule has 6 rings (SSSR count). The topological polar surface area (TPSA) is 78.8 Å². The number of nitrogens with one attached hydrogen (secondary N) is 1. The highest BCUT2D eigenvalue weighted by molar-refractivity contribution is 7.92. The molecule has 0 saturated heterocycles. The molecular weight excluding hydrogens is 587 g/mol. The van der Waals surface area contributed by atoms with Crippen LogP contribution in [0.4, 0.5) is 18.9 Å². The molecule has 0 radical (unpaired) electrons. The van der Waals surface area contributed by atoms with Crippen molar-refractivity contribution in [3.8, 4) is 0 Å². The lowest BCUT2D eigenvalue weighted by Gasteiger charge is -2.29. The number of nitrogens with zero attached hydrogens (tertiary/aromatic N) is 2. The molecule has 1 aliphatic carbocycles. The average Bonchev–Trinajstić information content (AvgIpc) is 3.42. The fourth-order valence-electron chi connectivity index (χ4n) is 5.80. The van der Waals surface area contributed by atoms with Crippen molar-refractivity contribution in [1.82, 2.24) is 5.01 Å². The van der Waals surface area contributed by atoms with Crippen LogP contribution < -0.4 is 4.72 Å². The Morgan fingerprint density at radius 2 is 1.59 bits per heavy atom. The van der Waals surface area contributed by atoms with Crippen LogP contribution in [0, 0.1) is 5.92 Å². The second-order valence-corrected chi connectivity index (χ2v) is 12.5. The van der Waals surface area contributed by atoms with E-state index in [1.54, 1.807) is 0 Å². The van der Waals surface area contributed by atoms with Crippen molar-refractivity contribution in [1.29, 1.82) is 0 Å². The number of anilines is 1. The molecule has 6 nitrogen and oxygen atoms in total. The zero-order chi connectivity index (χ0) is 30.9. The first-order valence-electron chi connectivity index (χ1n) is 14.1. The minimum atomic E-state index is -4.63. The number of carbonyl (C=O) groups is 1. The van der Waals surface area contributed by atoms with Crippen molar-refractivity contribution in [2.24, 2.45) is 11.0 Å². The molecule has 1 amide bonds. The highest BCUT2D eigenvalue weighted by Gasteiger charge is 2.44. The number of hydrazone groups is 1. The SMILES string of the molecule is O=C(c1cccc(S(=O)(=O)Nc2cccc(C(F)(F)F)c2)c1)N1N=C2/C(=C\c3ccccc3)CCC[C@@H]2[C@H]1c1ccccc1. The molecule has 1 aliphatic heterocycles. The normalized spacial score (nSPS) is 19.4. The molecule has 10 heteroatoms. The molecule has 1 heterocycles. The van der Waals surface area contributed by atoms with Crippen LogP contribution >= 0.6 is 0 Å². The van der Waals surface area contributed by atoms with Crippen LogP contribution in [-0.4, -0.2) is 25.0 Å². The van der Waals surface area contributed by atoms with E-state index < -0.39 is 27.7 Å². The van der Waals surface area contributed by atoms with Gasteiger partial charge in [0.1, 0.15) is 0 Å². The van der Waals surface area contributed by atoms with Gasteiger partial charge in [0.25, 0.3) is 15.9 Å². The summed E-state index contributed by atoms with van der Waals surface area (Å²) in [7, 11) is -4.32. The van der Waals surface area contributed by atoms with E-state index in [1.807, 2.05) is 60.7 Å². The zero-order valence-corrected chi connectivity index (χ0v) is 24.2. The third kappa shape index (κ3) is 6.03. The number of rotatable bonds is 6. The van der Waals surface area contributed by atoms with Gasteiger partial charge < -0.3 is 0 Å². The first-order chi connectivity index (χ1) is 21.1. The van der Waals surface area contributed by atoms with E-state index in [0.29, 0.717) is 0 Å². The maximum Gasteiger partial charge on any atom is 0.416 e. The molecule has 224 valence electrons. The lowest BCUT2D eigenvalue weighted by Crippen LogP contribution is -2.32. The highest BCUT2D eigenvalue weighted by atomic mass is 32.2. The second kappa shape index (κ2) is 11.8. The number of hydrogen-bond donors (Lipinski definition) is 1. The van der Waals surface area contributed by atoms with E-state index in [9.17, 15) is 26.4 Å². The fraction of sp³-hybridized carbons (Fsp3) is 0.176. The lowest BCUT2D eigenvalue weighted by molar-refractivity contribution is -0.137. The molecule has 1 saturated carbocycles. The first kappa shape index (κ1) is 29.4. The summed E-state index contributed by atoms with van der Waals surface area (Å²) >= 11 is 0. The van der Waals surface area contributed by atoms with Gasteiger partial charge in [-0.15, -0.1) is 0 Å². The Morgan fingerprint density at radius 1 is 0.886 bits per heavy atom. The summed E-state index contributed by atoms with van der Waals surface area (Å²) < 4.78 is 68.2. The van der Waals surface area contributed by atoms with Gasteiger partial charge in [-0.25, -0.2) is 13.4 Å². The largest absolute Gasteiger partial charge is 0.416 e. The van der Waals surface area contributed by atoms with E-state index in [1.165, 1.54) is 35.3 Å². The molecule has 0 unspecified atom stereocenters. The van der Waals surface area contributed by atoms with Crippen LogP contribution in [-0.2, 0) is 16.2 Å². The van der Waals surface area contributed by atoms with Crippen LogP contribution in [0.25, 0.3) is 6.08 Å². The van der Waals surface area contributed by atoms with E-state index in [4.69, 9.17) is 5.10 Å². The van der Waals surface area contributed by atoms with Crippen LogP contribution in [0.3, 0.4) is 0 Å². The highest BCUT2D eigenvalue weighted by Crippen LogP contribution is 2.45. The van der Waals surface area contributed by atoms with Gasteiger partial charge in [-0.3, -0.25) is 9.52 Å². The summed E-state index contributed by atoms with van der Waals surface area (Å²) in [6.45, 7) is 0. The Balaban J connectivity index is 1.34. The summed E-state index contributed by atoms with van der Waals surface area (Å²) in [6.07, 6.45) is 0.0658. The average molecular weight is 616 g/mol. The Labute approximate surface area is 253 Å². The predicted molar refractivity (Wildman–Crippen MR) is 163 cm³/mol. The number of amides is 1. The summed E-state index contributed by atoms with van der Waals surface area (Å²) in [5.41, 5.74) is 2.73. The molecule has 2 atom stereocenters. The number of fused-ring (bicyclic) bond motifs is 1. The smallest absolute Gasteiger partial charge is 0.280 e. The van der Waals surface area contributed by atoms with Crippen molar-refractivity contribution in [2.45, 2.75) is 36.4 Å². The van der Waals surface area contributed by atoms with Crippen LogP contribution in [0.2, 0.25) is 0 Å². The Morgan fingerprint density at radius 3 is 2.32 bits per heavy atom. The van der Waals surface area contributed by atoms with Crippen LogP contribution in [0.15, 0.2) is 125 Å². The predicted octanol–water partition coefficient (Wildman–Crippen LogP) is 7.94. The van der Waals surface area contributed by atoms with Crippen LogP contribution in [0.5, 0.6) is 0 Å².